The van der Waals surface area contributed by atoms with Crippen LogP contribution in [0, 0.1) is 5.82 Å². The zero-order valence-electron chi connectivity index (χ0n) is 19.9. The van der Waals surface area contributed by atoms with E-state index in [1.54, 1.807) is 0 Å². The van der Waals surface area contributed by atoms with Crippen molar-refractivity contribution in [2.45, 2.75) is 31.6 Å². The van der Waals surface area contributed by atoms with Crippen molar-refractivity contribution in [1.29, 1.82) is 0 Å². The number of pyridine rings is 1. The van der Waals surface area contributed by atoms with Gasteiger partial charge in [0.25, 0.3) is 5.56 Å². The fraction of sp³-hybridized carbons (Fsp3) is 0.261. The molecule has 0 aliphatic carbocycles. The molecule has 0 saturated carbocycles. The van der Waals surface area contributed by atoms with E-state index in [0.29, 0.717) is 0 Å². The maximum absolute atomic E-state index is 13.9. The van der Waals surface area contributed by atoms with Gasteiger partial charge in [-0.3, -0.25) is 14.4 Å². The minimum absolute atomic E-state index is 0.0349. The number of primary amides is 1. The highest BCUT2D eigenvalue weighted by molar-refractivity contribution is 5.96. The summed E-state index contributed by atoms with van der Waals surface area (Å²) in [6, 6.07) is 3.17. The van der Waals surface area contributed by atoms with Crippen molar-refractivity contribution in [2.24, 2.45) is 5.73 Å². The highest BCUT2D eigenvalue weighted by atomic mass is 19.4. The van der Waals surface area contributed by atoms with Crippen molar-refractivity contribution in [3.05, 3.63) is 64.6 Å². The number of nitrogens with two attached hydrogens (primary N) is 1. The lowest BCUT2D eigenvalue weighted by molar-refractivity contribution is -0.153. The number of imidazole rings is 1. The van der Waals surface area contributed by atoms with Gasteiger partial charge in [-0.1, -0.05) is 6.08 Å². The van der Waals surface area contributed by atoms with Crippen LogP contribution in [0.25, 0.3) is 11.0 Å². The number of nitrogens with one attached hydrogen (secondary N) is 3. The minimum atomic E-state index is -4.66. The van der Waals surface area contributed by atoms with Gasteiger partial charge in [0.1, 0.15) is 28.9 Å². The quantitative estimate of drug-likeness (QED) is 0.178. The number of anilines is 1. The highest BCUT2D eigenvalue weighted by Gasteiger charge is 2.29. The second-order valence-corrected chi connectivity index (χ2v) is 8.12. The van der Waals surface area contributed by atoms with Crippen LogP contribution in [0.4, 0.5) is 28.0 Å². The minimum Gasteiger partial charge on any atom is -0.482 e. The van der Waals surface area contributed by atoms with Gasteiger partial charge >= 0.3 is 12.3 Å². The molecule has 12 nitrogen and oxygen atoms in total. The van der Waals surface area contributed by atoms with Crippen molar-refractivity contribution < 1.29 is 41.8 Å². The number of allylic oxidation sites excluding steroid dienone is 1. The number of nitrogens with zero attached hydrogens (tertiary/aromatic N) is 2. The molecule has 2 heterocycles. The number of hydrogen-bond donors (Lipinski definition) is 5. The van der Waals surface area contributed by atoms with Crippen molar-refractivity contribution >= 4 is 34.6 Å². The molecule has 6 N–H and O–H groups in total. The maximum Gasteiger partial charge on any atom is 0.422 e. The molecule has 0 spiro atoms. The maximum atomic E-state index is 13.9. The number of alkyl halides is 3. The first-order valence-electron chi connectivity index (χ1n) is 11.2. The molecule has 0 aliphatic heterocycles. The number of ether oxygens (including phenoxy) is 1. The van der Waals surface area contributed by atoms with E-state index in [1.807, 2.05) is 5.32 Å². The summed E-state index contributed by atoms with van der Waals surface area (Å²) in [5.74, 6) is -2.80. The van der Waals surface area contributed by atoms with Gasteiger partial charge in [-0.05, 0) is 37.1 Å². The predicted molar refractivity (Wildman–Crippen MR) is 129 cm³/mol. The molecule has 2 aromatic heterocycles. The van der Waals surface area contributed by atoms with Crippen molar-refractivity contribution in [3.63, 3.8) is 0 Å². The monoisotopic (exact) mass is 554 g/mol. The number of halogens is 4. The van der Waals surface area contributed by atoms with E-state index in [1.165, 1.54) is 24.4 Å². The Morgan fingerprint density at radius 1 is 1.28 bits per heavy atom. The zero-order valence-corrected chi connectivity index (χ0v) is 19.9. The summed E-state index contributed by atoms with van der Waals surface area (Å²) in [6.45, 7) is -1.90. The summed E-state index contributed by atoms with van der Waals surface area (Å²) in [7, 11) is 0. The molecule has 3 amide bonds. The SMILES string of the molecule is NC(=O)/C=C/CCC(NC(=O)O)C(=O)Nc1cccn(Cc2nc3c(OCC(F)(F)F)cc(F)cc3[nH]2)c1=O. The fourth-order valence-corrected chi connectivity index (χ4v) is 3.47. The lowest BCUT2D eigenvalue weighted by Gasteiger charge is -2.16. The Kier molecular flexibility index (Phi) is 8.90. The molecular formula is C23H22F4N6O6. The average molecular weight is 554 g/mol. The van der Waals surface area contributed by atoms with Gasteiger partial charge in [-0.15, -0.1) is 0 Å². The molecule has 1 unspecified atom stereocenters. The first-order valence-corrected chi connectivity index (χ1v) is 11.2. The summed E-state index contributed by atoms with van der Waals surface area (Å²) in [5, 5.41) is 13.4. The summed E-state index contributed by atoms with van der Waals surface area (Å²) >= 11 is 0. The van der Waals surface area contributed by atoms with Crippen LogP contribution in [0.1, 0.15) is 18.7 Å². The smallest absolute Gasteiger partial charge is 0.422 e. The highest BCUT2D eigenvalue weighted by Crippen LogP contribution is 2.27. The van der Waals surface area contributed by atoms with E-state index >= 15 is 0 Å². The van der Waals surface area contributed by atoms with Crippen LogP contribution in [0.2, 0.25) is 0 Å². The molecule has 1 atom stereocenters. The summed E-state index contributed by atoms with van der Waals surface area (Å²) in [4.78, 5) is 54.3. The first-order chi connectivity index (χ1) is 18.3. The van der Waals surface area contributed by atoms with E-state index in [4.69, 9.17) is 10.8 Å². The van der Waals surface area contributed by atoms with Crippen LogP contribution >= 0.6 is 0 Å². The second-order valence-electron chi connectivity index (χ2n) is 8.12. The number of benzene rings is 1. The number of H-pyrrole nitrogens is 1. The molecule has 3 rings (SSSR count). The van der Waals surface area contributed by atoms with Gasteiger partial charge in [-0.2, -0.15) is 13.2 Å². The number of carboxylic acid groups (broad SMARTS) is 1. The lowest BCUT2D eigenvalue weighted by Crippen LogP contribution is -2.44. The molecule has 0 fully saturated rings. The van der Waals surface area contributed by atoms with Crippen LogP contribution in [0.5, 0.6) is 5.75 Å². The zero-order chi connectivity index (χ0) is 28.7. The number of aromatic nitrogens is 3. The Hall–Kier alpha value is -4.89. The van der Waals surface area contributed by atoms with E-state index in [2.05, 4.69) is 20.0 Å². The van der Waals surface area contributed by atoms with Gasteiger partial charge < -0.3 is 35.8 Å². The third-order valence-electron chi connectivity index (χ3n) is 5.07. The normalized spacial score (nSPS) is 12.4. The molecule has 1 aromatic carbocycles. The summed E-state index contributed by atoms with van der Waals surface area (Å²) in [5.41, 5.74) is 4.01. The predicted octanol–water partition coefficient (Wildman–Crippen LogP) is 2.25. The third-order valence-corrected chi connectivity index (χ3v) is 5.07. The Morgan fingerprint density at radius 2 is 2.03 bits per heavy atom. The number of amides is 3. The van der Waals surface area contributed by atoms with E-state index in [0.717, 1.165) is 22.8 Å². The first kappa shape index (κ1) is 28.7. The Labute approximate surface area is 216 Å². The number of aromatic amines is 1. The molecule has 3 aromatic rings. The van der Waals surface area contributed by atoms with E-state index in [-0.39, 0.29) is 41.9 Å². The lowest BCUT2D eigenvalue weighted by atomic mass is 10.1. The topological polar surface area (TPSA) is 181 Å². The van der Waals surface area contributed by atoms with Crippen molar-refractivity contribution in [2.75, 3.05) is 11.9 Å². The summed E-state index contributed by atoms with van der Waals surface area (Å²) in [6.07, 6.45) is -2.30. The average Bonchev–Trinajstić information content (AvgIpc) is 3.23. The largest absolute Gasteiger partial charge is 0.482 e. The van der Waals surface area contributed by atoms with Crippen LogP contribution in [-0.4, -0.2) is 56.4 Å². The number of carbonyl (C=O) groups is 3. The molecule has 208 valence electrons. The van der Waals surface area contributed by atoms with Crippen molar-refractivity contribution in [3.8, 4) is 5.75 Å². The summed E-state index contributed by atoms with van der Waals surface area (Å²) < 4.78 is 57.4. The molecule has 0 bridgehead atoms. The molecule has 0 aliphatic rings. The molecule has 16 heteroatoms. The Balaban J connectivity index is 1.79. The van der Waals surface area contributed by atoms with Crippen LogP contribution < -0.4 is 26.7 Å². The molecular weight excluding hydrogens is 532 g/mol. The number of rotatable bonds is 11. The fourth-order valence-electron chi connectivity index (χ4n) is 3.47. The standard InChI is InChI=1S/C23H22F4N6O6/c24-12-8-15-19(16(9-12)39-11-23(25,26)27)32-18(29-15)10-33-7-3-5-14(21(33)36)30-20(35)13(31-22(37)38)4-1-2-6-17(28)34/h2-3,5-9,13,31H,1,4,10-11H2,(H2,28,34)(H,29,32)(H,30,35)(H,37,38)/b6-2+. The van der Waals surface area contributed by atoms with Gasteiger partial charge in [0.05, 0.1) is 12.1 Å². The Bertz CT molecular complexity index is 1470. The second kappa shape index (κ2) is 12.1. The van der Waals surface area contributed by atoms with Gasteiger partial charge in [-0.25, -0.2) is 14.2 Å². The van der Waals surface area contributed by atoms with Gasteiger partial charge in [0, 0.05) is 12.3 Å². The number of carbonyl (C=O) groups excluding carboxylic acids is 2. The molecule has 0 saturated heterocycles. The van der Waals surface area contributed by atoms with Gasteiger partial charge in [0.2, 0.25) is 11.8 Å². The third kappa shape index (κ3) is 8.31. The van der Waals surface area contributed by atoms with E-state index in [9.17, 15) is 36.7 Å². The molecule has 0 radical (unpaired) electrons. The van der Waals surface area contributed by atoms with Crippen LogP contribution in [0.15, 0.2) is 47.4 Å². The number of hydrogen-bond acceptors (Lipinski definition) is 6. The van der Waals surface area contributed by atoms with Crippen LogP contribution in [0.3, 0.4) is 0 Å². The van der Waals surface area contributed by atoms with Gasteiger partial charge in [0.15, 0.2) is 12.4 Å². The number of fused-ring (bicyclic) bond motifs is 1. The van der Waals surface area contributed by atoms with Crippen LogP contribution in [-0.2, 0) is 16.1 Å². The van der Waals surface area contributed by atoms with E-state index < -0.39 is 53.9 Å². The molecule has 39 heavy (non-hydrogen) atoms. The van der Waals surface area contributed by atoms with Crippen molar-refractivity contribution in [1.82, 2.24) is 19.9 Å². The Morgan fingerprint density at radius 3 is 2.69 bits per heavy atom.